The second kappa shape index (κ2) is 8.52. The molecule has 2 amide bonds. The van der Waals surface area contributed by atoms with Gasteiger partial charge in [-0.15, -0.1) is 0 Å². The van der Waals surface area contributed by atoms with Gasteiger partial charge in [-0.25, -0.2) is 4.90 Å². The van der Waals surface area contributed by atoms with Gasteiger partial charge in [-0.3, -0.25) is 9.59 Å². The first-order valence-electron chi connectivity index (χ1n) is 10.3. The third-order valence-corrected chi connectivity index (χ3v) is 5.99. The second-order valence-electron chi connectivity index (χ2n) is 8.01. The number of imide groups is 1. The van der Waals surface area contributed by atoms with Gasteiger partial charge in [0, 0.05) is 30.5 Å². The van der Waals surface area contributed by atoms with E-state index in [4.69, 9.17) is 11.6 Å². The van der Waals surface area contributed by atoms with Crippen LogP contribution in [0, 0.1) is 13.8 Å². The molecule has 4 rings (SSSR count). The Bertz CT molecular complexity index is 1230. The van der Waals surface area contributed by atoms with Gasteiger partial charge in [-0.2, -0.15) is 0 Å². The van der Waals surface area contributed by atoms with E-state index in [-0.39, 0.29) is 11.6 Å². The van der Waals surface area contributed by atoms with Gasteiger partial charge in [-0.1, -0.05) is 47.5 Å². The Morgan fingerprint density at radius 1 is 0.844 bits per heavy atom. The fourth-order valence-corrected chi connectivity index (χ4v) is 3.82. The summed E-state index contributed by atoms with van der Waals surface area (Å²) in [6.07, 6.45) is 0. The van der Waals surface area contributed by atoms with E-state index in [0.29, 0.717) is 27.5 Å². The minimum atomic E-state index is -0.400. The summed E-state index contributed by atoms with van der Waals surface area (Å²) in [5.41, 5.74) is 5.32. The van der Waals surface area contributed by atoms with Crippen LogP contribution in [0.15, 0.2) is 72.4 Å². The standard InChI is InChI=1S/C26H24ClN3O2/c1-16-8-10-18(11-9-16)23-24(28-22-7-5-6-21(27)17(22)2)26(32)30(25(23)31)20-14-12-19(13-15-20)29(3)4/h5-15,28H,1-4H3. The lowest BCUT2D eigenvalue weighted by Gasteiger charge is -2.18. The number of rotatable bonds is 5. The van der Waals surface area contributed by atoms with Crippen LogP contribution in [0.3, 0.4) is 0 Å². The molecular formula is C26H24ClN3O2. The molecule has 0 aromatic heterocycles. The summed E-state index contributed by atoms with van der Waals surface area (Å²) in [4.78, 5) is 30.3. The van der Waals surface area contributed by atoms with E-state index in [1.54, 1.807) is 18.2 Å². The fourth-order valence-electron chi connectivity index (χ4n) is 3.65. The molecule has 0 radical (unpaired) electrons. The summed E-state index contributed by atoms with van der Waals surface area (Å²) in [6.45, 7) is 3.85. The summed E-state index contributed by atoms with van der Waals surface area (Å²) < 4.78 is 0. The number of nitrogens with zero attached hydrogens (tertiary/aromatic N) is 2. The lowest BCUT2D eigenvalue weighted by Crippen LogP contribution is -2.32. The van der Waals surface area contributed by atoms with E-state index >= 15 is 0 Å². The van der Waals surface area contributed by atoms with Crippen molar-refractivity contribution in [1.29, 1.82) is 0 Å². The van der Waals surface area contributed by atoms with Gasteiger partial charge in [-0.05, 0) is 61.4 Å². The van der Waals surface area contributed by atoms with Crippen molar-refractivity contribution >= 4 is 46.1 Å². The van der Waals surface area contributed by atoms with E-state index in [9.17, 15) is 9.59 Å². The Morgan fingerprint density at radius 3 is 2.12 bits per heavy atom. The lowest BCUT2D eigenvalue weighted by molar-refractivity contribution is -0.120. The molecule has 32 heavy (non-hydrogen) atoms. The molecule has 6 heteroatoms. The topological polar surface area (TPSA) is 52.7 Å². The molecule has 0 saturated carbocycles. The molecule has 0 aliphatic carbocycles. The van der Waals surface area contributed by atoms with Gasteiger partial charge >= 0.3 is 0 Å². The quantitative estimate of drug-likeness (QED) is 0.533. The SMILES string of the molecule is Cc1ccc(C2=C(Nc3cccc(Cl)c3C)C(=O)N(c3ccc(N(C)C)cc3)C2=O)cc1. The van der Waals surface area contributed by atoms with Crippen molar-refractivity contribution in [2.24, 2.45) is 0 Å². The minimum Gasteiger partial charge on any atom is -0.378 e. The molecule has 1 aliphatic heterocycles. The lowest BCUT2D eigenvalue weighted by atomic mass is 10.0. The highest BCUT2D eigenvalue weighted by molar-refractivity contribution is 6.46. The van der Waals surface area contributed by atoms with Gasteiger partial charge in [0.15, 0.2) is 0 Å². The summed E-state index contributed by atoms with van der Waals surface area (Å²) in [5, 5.41) is 3.78. The van der Waals surface area contributed by atoms with E-state index in [0.717, 1.165) is 16.8 Å². The van der Waals surface area contributed by atoms with Crippen molar-refractivity contribution in [2.75, 3.05) is 29.2 Å². The molecule has 0 atom stereocenters. The van der Waals surface area contributed by atoms with Crippen LogP contribution < -0.4 is 15.1 Å². The Morgan fingerprint density at radius 2 is 1.50 bits per heavy atom. The average Bonchev–Trinajstić information content (AvgIpc) is 3.01. The maximum atomic E-state index is 13.5. The van der Waals surface area contributed by atoms with Gasteiger partial charge in [0.05, 0.1) is 11.3 Å². The summed E-state index contributed by atoms with van der Waals surface area (Å²) >= 11 is 6.28. The number of hydrogen-bond acceptors (Lipinski definition) is 4. The van der Waals surface area contributed by atoms with Crippen LogP contribution in [0.4, 0.5) is 17.1 Å². The van der Waals surface area contributed by atoms with Crippen LogP contribution in [-0.2, 0) is 9.59 Å². The third-order valence-electron chi connectivity index (χ3n) is 5.58. The number of anilines is 3. The number of aryl methyl sites for hydroxylation is 1. The van der Waals surface area contributed by atoms with E-state index in [1.165, 1.54) is 4.90 Å². The molecule has 0 spiro atoms. The van der Waals surface area contributed by atoms with E-state index in [1.807, 2.05) is 81.4 Å². The first-order valence-corrected chi connectivity index (χ1v) is 10.7. The van der Waals surface area contributed by atoms with Crippen LogP contribution in [0.25, 0.3) is 5.57 Å². The number of hydrogen-bond donors (Lipinski definition) is 1. The van der Waals surface area contributed by atoms with Crippen molar-refractivity contribution in [3.63, 3.8) is 0 Å². The summed E-state index contributed by atoms with van der Waals surface area (Å²) in [7, 11) is 3.88. The largest absolute Gasteiger partial charge is 0.378 e. The molecule has 5 nitrogen and oxygen atoms in total. The van der Waals surface area contributed by atoms with Gasteiger partial charge < -0.3 is 10.2 Å². The normalized spacial score (nSPS) is 13.7. The highest BCUT2D eigenvalue weighted by Crippen LogP contribution is 2.35. The molecule has 1 aliphatic rings. The van der Waals surface area contributed by atoms with Gasteiger partial charge in [0.2, 0.25) is 0 Å². The monoisotopic (exact) mass is 445 g/mol. The smallest absolute Gasteiger partial charge is 0.282 e. The van der Waals surface area contributed by atoms with Crippen molar-refractivity contribution in [2.45, 2.75) is 13.8 Å². The van der Waals surface area contributed by atoms with Crippen LogP contribution >= 0.6 is 11.6 Å². The number of carbonyl (C=O) groups is 2. The number of carbonyl (C=O) groups excluding carboxylic acids is 2. The first kappa shape index (κ1) is 21.7. The number of nitrogens with one attached hydrogen (secondary N) is 1. The van der Waals surface area contributed by atoms with Crippen molar-refractivity contribution < 1.29 is 9.59 Å². The molecular weight excluding hydrogens is 422 g/mol. The number of halogens is 1. The zero-order valence-corrected chi connectivity index (χ0v) is 19.2. The van der Waals surface area contributed by atoms with Crippen molar-refractivity contribution in [3.8, 4) is 0 Å². The van der Waals surface area contributed by atoms with Crippen LogP contribution in [0.2, 0.25) is 5.02 Å². The molecule has 0 saturated heterocycles. The van der Waals surface area contributed by atoms with E-state index in [2.05, 4.69) is 5.32 Å². The van der Waals surface area contributed by atoms with E-state index < -0.39 is 5.91 Å². The van der Waals surface area contributed by atoms with Crippen LogP contribution in [0.1, 0.15) is 16.7 Å². The zero-order chi connectivity index (χ0) is 23.0. The van der Waals surface area contributed by atoms with Crippen LogP contribution in [-0.4, -0.2) is 25.9 Å². The predicted octanol–water partition coefficient (Wildman–Crippen LogP) is 5.42. The number of benzene rings is 3. The molecule has 3 aromatic rings. The van der Waals surface area contributed by atoms with Crippen LogP contribution in [0.5, 0.6) is 0 Å². The first-order chi connectivity index (χ1) is 15.3. The Hall–Kier alpha value is -3.57. The average molecular weight is 446 g/mol. The maximum Gasteiger partial charge on any atom is 0.282 e. The van der Waals surface area contributed by atoms with Crippen molar-refractivity contribution in [3.05, 3.63) is 94.1 Å². The van der Waals surface area contributed by atoms with Gasteiger partial charge in [0.25, 0.3) is 11.8 Å². The summed E-state index contributed by atoms with van der Waals surface area (Å²) in [6, 6.07) is 20.3. The minimum absolute atomic E-state index is 0.237. The Balaban J connectivity index is 1.81. The van der Waals surface area contributed by atoms with Crippen molar-refractivity contribution in [1.82, 2.24) is 0 Å². The summed E-state index contributed by atoms with van der Waals surface area (Å²) in [5.74, 6) is -0.763. The molecule has 162 valence electrons. The molecule has 0 fully saturated rings. The zero-order valence-electron chi connectivity index (χ0n) is 18.4. The Labute approximate surface area is 192 Å². The molecule has 0 unspecified atom stereocenters. The molecule has 0 bridgehead atoms. The molecule has 1 heterocycles. The highest BCUT2D eigenvalue weighted by Gasteiger charge is 2.40. The number of amides is 2. The second-order valence-corrected chi connectivity index (χ2v) is 8.42. The fraction of sp³-hybridized carbons (Fsp3) is 0.154. The molecule has 3 aromatic carbocycles. The third kappa shape index (κ3) is 3.87. The highest BCUT2D eigenvalue weighted by atomic mass is 35.5. The molecule has 1 N–H and O–H groups in total. The van der Waals surface area contributed by atoms with Gasteiger partial charge in [0.1, 0.15) is 5.70 Å². The Kier molecular flexibility index (Phi) is 5.76. The predicted molar refractivity (Wildman–Crippen MR) is 131 cm³/mol. The maximum absolute atomic E-state index is 13.5.